The van der Waals surface area contributed by atoms with Crippen molar-refractivity contribution in [2.24, 2.45) is 0 Å². The third-order valence-electron chi connectivity index (χ3n) is 4.15. The highest BCUT2D eigenvalue weighted by Gasteiger charge is 2.29. The van der Waals surface area contributed by atoms with Gasteiger partial charge < -0.3 is 5.32 Å². The van der Waals surface area contributed by atoms with Gasteiger partial charge in [-0.3, -0.25) is 14.3 Å². The van der Waals surface area contributed by atoms with Crippen molar-refractivity contribution in [3.8, 4) is 6.07 Å². The lowest BCUT2D eigenvalue weighted by Crippen LogP contribution is -2.15. The summed E-state index contributed by atoms with van der Waals surface area (Å²) >= 11 is 0. The van der Waals surface area contributed by atoms with Crippen LogP contribution in [0.5, 0.6) is 0 Å². The van der Waals surface area contributed by atoms with Gasteiger partial charge in [0.25, 0.3) is 5.91 Å². The minimum absolute atomic E-state index is 0.235. The van der Waals surface area contributed by atoms with Crippen LogP contribution in [-0.2, 0) is 0 Å². The lowest BCUT2D eigenvalue weighted by Gasteiger charge is -2.10. The number of nitrogens with one attached hydrogen (secondary N) is 2. The smallest absolute Gasteiger partial charge is 0.257 e. The molecule has 0 bridgehead atoms. The molecule has 1 saturated carbocycles. The van der Waals surface area contributed by atoms with E-state index in [0.717, 1.165) is 29.9 Å². The molecule has 0 saturated heterocycles. The molecule has 4 rings (SSSR count). The number of aromatic amines is 1. The second kappa shape index (κ2) is 4.95. The number of anilines is 1. The van der Waals surface area contributed by atoms with Crippen molar-refractivity contribution < 1.29 is 4.79 Å². The number of aryl methyl sites for hydroxylation is 1. The Balaban J connectivity index is 1.73. The van der Waals surface area contributed by atoms with Crippen LogP contribution in [0.15, 0.2) is 24.5 Å². The number of hydrogen-bond donors (Lipinski definition) is 2. The van der Waals surface area contributed by atoms with Crippen LogP contribution in [0.2, 0.25) is 0 Å². The highest BCUT2D eigenvalue weighted by Crippen LogP contribution is 2.39. The molecule has 1 fully saturated rings. The molecule has 0 aliphatic heterocycles. The SMILES string of the molecule is Cc1c(C(=O)Nc2cn[nH]c2C#N)ccc2cnc(C3CC3)n12. The van der Waals surface area contributed by atoms with Gasteiger partial charge in [0.1, 0.15) is 11.9 Å². The van der Waals surface area contributed by atoms with E-state index in [1.165, 1.54) is 6.20 Å². The molecule has 0 unspecified atom stereocenters. The number of pyridine rings is 1. The first-order chi connectivity index (χ1) is 11.2. The Bertz CT molecular complexity index is 957. The number of amides is 1. The highest BCUT2D eigenvalue weighted by molar-refractivity contribution is 6.05. The van der Waals surface area contributed by atoms with Gasteiger partial charge in [-0.1, -0.05) is 0 Å². The predicted molar refractivity (Wildman–Crippen MR) is 83.2 cm³/mol. The van der Waals surface area contributed by atoms with Crippen LogP contribution >= 0.6 is 0 Å². The van der Waals surface area contributed by atoms with Crippen molar-refractivity contribution in [1.29, 1.82) is 5.26 Å². The van der Waals surface area contributed by atoms with Gasteiger partial charge in [0, 0.05) is 11.6 Å². The second-order valence-electron chi connectivity index (χ2n) is 5.71. The van der Waals surface area contributed by atoms with E-state index >= 15 is 0 Å². The zero-order valence-corrected chi connectivity index (χ0v) is 12.5. The van der Waals surface area contributed by atoms with Gasteiger partial charge in [-0.05, 0) is 31.9 Å². The van der Waals surface area contributed by atoms with E-state index in [1.54, 1.807) is 6.07 Å². The summed E-state index contributed by atoms with van der Waals surface area (Å²) < 4.78 is 2.05. The lowest BCUT2D eigenvalue weighted by atomic mass is 10.1. The Morgan fingerprint density at radius 1 is 1.43 bits per heavy atom. The fourth-order valence-corrected chi connectivity index (χ4v) is 2.80. The Kier molecular flexibility index (Phi) is 2.91. The molecule has 0 atom stereocenters. The molecule has 0 radical (unpaired) electrons. The number of rotatable bonds is 3. The van der Waals surface area contributed by atoms with Gasteiger partial charge >= 0.3 is 0 Å². The van der Waals surface area contributed by atoms with Crippen molar-refractivity contribution in [1.82, 2.24) is 19.6 Å². The van der Waals surface area contributed by atoms with E-state index in [2.05, 4.69) is 20.5 Å². The van der Waals surface area contributed by atoms with Crippen LogP contribution in [0.4, 0.5) is 5.69 Å². The topological polar surface area (TPSA) is 98.9 Å². The molecule has 114 valence electrons. The molecule has 7 nitrogen and oxygen atoms in total. The molecule has 3 aromatic heterocycles. The quantitative estimate of drug-likeness (QED) is 0.776. The monoisotopic (exact) mass is 306 g/mol. The number of nitrogens with zero attached hydrogens (tertiary/aromatic N) is 4. The number of nitriles is 1. The third kappa shape index (κ3) is 2.16. The van der Waals surface area contributed by atoms with Crippen LogP contribution in [-0.4, -0.2) is 25.5 Å². The highest BCUT2D eigenvalue weighted by atomic mass is 16.1. The molecule has 0 spiro atoms. The summed E-state index contributed by atoms with van der Waals surface area (Å²) in [4.78, 5) is 17.1. The maximum atomic E-state index is 12.6. The number of carbonyl (C=O) groups excluding carboxylic acids is 1. The average Bonchev–Trinajstić information content (AvgIpc) is 3.13. The number of imidazole rings is 1. The Hall–Kier alpha value is -3.14. The molecule has 0 aromatic carbocycles. The van der Waals surface area contributed by atoms with Crippen molar-refractivity contribution in [3.63, 3.8) is 0 Å². The second-order valence-corrected chi connectivity index (χ2v) is 5.71. The Morgan fingerprint density at radius 2 is 2.26 bits per heavy atom. The van der Waals surface area contributed by atoms with E-state index in [4.69, 9.17) is 5.26 Å². The summed E-state index contributed by atoms with van der Waals surface area (Å²) in [7, 11) is 0. The van der Waals surface area contributed by atoms with Gasteiger partial charge in [-0.25, -0.2) is 4.98 Å². The van der Waals surface area contributed by atoms with Gasteiger partial charge in [0.15, 0.2) is 5.69 Å². The van der Waals surface area contributed by atoms with E-state index in [0.29, 0.717) is 17.2 Å². The maximum Gasteiger partial charge on any atom is 0.257 e. The summed E-state index contributed by atoms with van der Waals surface area (Å²) in [5, 5.41) is 18.0. The van der Waals surface area contributed by atoms with Crippen LogP contribution in [0.25, 0.3) is 5.52 Å². The first-order valence-corrected chi connectivity index (χ1v) is 7.41. The first kappa shape index (κ1) is 13.5. The molecular formula is C16H14N6O. The molecule has 1 aliphatic rings. The van der Waals surface area contributed by atoms with Crippen molar-refractivity contribution in [3.05, 3.63) is 47.3 Å². The summed E-state index contributed by atoms with van der Waals surface area (Å²) in [6.07, 6.45) is 5.56. The van der Waals surface area contributed by atoms with Gasteiger partial charge in [0.2, 0.25) is 0 Å². The normalized spacial score (nSPS) is 13.9. The summed E-state index contributed by atoms with van der Waals surface area (Å²) in [5.41, 5.74) is 3.01. The van der Waals surface area contributed by atoms with Gasteiger partial charge in [0.05, 0.1) is 29.2 Å². The van der Waals surface area contributed by atoms with Crippen LogP contribution < -0.4 is 5.32 Å². The first-order valence-electron chi connectivity index (χ1n) is 7.41. The maximum absolute atomic E-state index is 12.6. The average molecular weight is 306 g/mol. The van der Waals surface area contributed by atoms with E-state index < -0.39 is 0 Å². The minimum atomic E-state index is -0.266. The zero-order chi connectivity index (χ0) is 16.0. The fraction of sp³-hybridized carbons (Fsp3) is 0.250. The van der Waals surface area contributed by atoms with Gasteiger partial charge in [-0.2, -0.15) is 10.4 Å². The van der Waals surface area contributed by atoms with E-state index in [-0.39, 0.29) is 11.6 Å². The van der Waals surface area contributed by atoms with E-state index in [1.807, 2.05) is 29.7 Å². The largest absolute Gasteiger partial charge is 0.318 e. The molecule has 1 amide bonds. The van der Waals surface area contributed by atoms with E-state index in [9.17, 15) is 4.79 Å². The molecular weight excluding hydrogens is 292 g/mol. The standard InChI is InChI=1S/C16H14N6O/c1-9-12(16(23)20-14-8-19-21-13(14)6-17)5-4-11-7-18-15(22(9)11)10-2-3-10/h4-5,7-8,10H,2-3H2,1H3,(H,19,21)(H,20,23). The molecule has 1 aliphatic carbocycles. The van der Waals surface area contributed by atoms with Crippen LogP contribution in [0.1, 0.15) is 46.3 Å². The molecule has 3 aromatic rings. The lowest BCUT2D eigenvalue weighted by molar-refractivity contribution is 0.102. The van der Waals surface area contributed by atoms with Gasteiger partial charge in [-0.15, -0.1) is 0 Å². The summed E-state index contributed by atoms with van der Waals surface area (Å²) in [6, 6.07) is 5.63. The van der Waals surface area contributed by atoms with Crippen LogP contribution in [0.3, 0.4) is 0 Å². The molecule has 7 heteroatoms. The van der Waals surface area contributed by atoms with Crippen LogP contribution in [0, 0.1) is 18.3 Å². The number of H-pyrrole nitrogens is 1. The molecule has 23 heavy (non-hydrogen) atoms. The molecule has 3 heterocycles. The van der Waals surface area contributed by atoms with Crippen molar-refractivity contribution in [2.45, 2.75) is 25.7 Å². The summed E-state index contributed by atoms with van der Waals surface area (Å²) in [6.45, 7) is 1.91. The summed E-state index contributed by atoms with van der Waals surface area (Å²) in [5.74, 6) is 1.25. The number of aromatic nitrogens is 4. The van der Waals surface area contributed by atoms with Crippen molar-refractivity contribution in [2.75, 3.05) is 5.32 Å². The number of hydrogen-bond acceptors (Lipinski definition) is 4. The number of fused-ring (bicyclic) bond motifs is 1. The number of carbonyl (C=O) groups is 1. The minimum Gasteiger partial charge on any atom is -0.318 e. The predicted octanol–water partition coefficient (Wildman–Crippen LogP) is 2.37. The Morgan fingerprint density at radius 3 is 3.00 bits per heavy atom. The van der Waals surface area contributed by atoms with Crippen molar-refractivity contribution >= 4 is 17.1 Å². The Labute approximate surface area is 132 Å². The fourth-order valence-electron chi connectivity index (χ4n) is 2.80. The molecule has 2 N–H and O–H groups in total. The zero-order valence-electron chi connectivity index (χ0n) is 12.5. The third-order valence-corrected chi connectivity index (χ3v) is 4.15.